The van der Waals surface area contributed by atoms with Crippen LogP contribution in [0.4, 0.5) is 5.69 Å². The van der Waals surface area contributed by atoms with Crippen molar-refractivity contribution in [2.75, 3.05) is 13.1 Å². The Hall–Kier alpha value is -3.74. The number of aromatic nitrogens is 1. The van der Waals surface area contributed by atoms with Crippen molar-refractivity contribution in [3.63, 3.8) is 0 Å². The molecular formula is C27H26N4O2. The molecule has 4 aromatic rings. The van der Waals surface area contributed by atoms with E-state index in [1.54, 1.807) is 12.1 Å². The molecule has 5 rings (SSSR count). The first kappa shape index (κ1) is 21.1. The predicted octanol–water partition coefficient (Wildman–Crippen LogP) is 5.40. The number of benzene rings is 3. The van der Waals surface area contributed by atoms with Crippen molar-refractivity contribution in [1.82, 2.24) is 14.4 Å². The van der Waals surface area contributed by atoms with Crippen LogP contribution in [0.1, 0.15) is 23.0 Å². The van der Waals surface area contributed by atoms with E-state index in [9.17, 15) is 10.1 Å². The topological polar surface area (TPSA) is 54.6 Å². The molecule has 0 aliphatic carbocycles. The van der Waals surface area contributed by atoms with Crippen LogP contribution in [0, 0.1) is 10.1 Å². The lowest BCUT2D eigenvalue weighted by molar-refractivity contribution is -0.384. The fraction of sp³-hybridized carbons (Fsp3) is 0.185. The fourth-order valence-corrected chi connectivity index (χ4v) is 4.65. The average Bonchev–Trinajstić information content (AvgIpc) is 3.47. The number of rotatable bonds is 7. The van der Waals surface area contributed by atoms with Crippen LogP contribution >= 0.6 is 0 Å². The van der Waals surface area contributed by atoms with Crippen molar-refractivity contribution in [3.05, 3.63) is 130 Å². The Kier molecular flexibility index (Phi) is 6.02. The van der Waals surface area contributed by atoms with E-state index in [1.807, 2.05) is 30.5 Å². The van der Waals surface area contributed by atoms with Crippen LogP contribution in [0.25, 0.3) is 5.69 Å². The van der Waals surface area contributed by atoms with Crippen LogP contribution in [0.5, 0.6) is 0 Å². The van der Waals surface area contributed by atoms with E-state index >= 15 is 0 Å². The summed E-state index contributed by atoms with van der Waals surface area (Å²) in [4.78, 5) is 15.8. The Morgan fingerprint density at radius 3 is 1.79 bits per heavy atom. The van der Waals surface area contributed by atoms with Crippen LogP contribution in [0.2, 0.25) is 0 Å². The maximum atomic E-state index is 11.1. The Morgan fingerprint density at radius 1 is 0.727 bits per heavy atom. The van der Waals surface area contributed by atoms with Gasteiger partial charge >= 0.3 is 0 Å². The maximum absolute atomic E-state index is 11.1. The Balaban J connectivity index is 1.49. The molecule has 0 radical (unpaired) electrons. The summed E-state index contributed by atoms with van der Waals surface area (Å²) in [5.74, 6) is 0. The second-order valence-corrected chi connectivity index (χ2v) is 8.36. The second-order valence-electron chi connectivity index (χ2n) is 8.36. The van der Waals surface area contributed by atoms with Gasteiger partial charge < -0.3 is 4.57 Å². The minimum atomic E-state index is -0.361. The first-order chi connectivity index (χ1) is 16.2. The summed E-state index contributed by atoms with van der Waals surface area (Å²) in [7, 11) is 0. The molecule has 0 spiro atoms. The van der Waals surface area contributed by atoms with E-state index in [0.29, 0.717) is 0 Å². The normalized spacial score (nSPS) is 15.2. The molecule has 6 nitrogen and oxygen atoms in total. The minimum Gasteiger partial charge on any atom is -0.318 e. The number of hydrogen-bond donors (Lipinski definition) is 0. The van der Waals surface area contributed by atoms with Crippen molar-refractivity contribution in [3.8, 4) is 5.69 Å². The number of nitrogens with zero attached hydrogens (tertiary/aromatic N) is 4. The van der Waals surface area contributed by atoms with Crippen molar-refractivity contribution in [2.45, 2.75) is 19.3 Å². The first-order valence-corrected chi connectivity index (χ1v) is 11.2. The average molecular weight is 439 g/mol. The number of nitro groups is 1. The SMILES string of the molecule is O=[N+]([O-])c1ccc(-n2cccc2C2N(Cc3ccccc3)CCN2Cc2ccccc2)cc1. The summed E-state index contributed by atoms with van der Waals surface area (Å²) in [5.41, 5.74) is 4.76. The van der Waals surface area contributed by atoms with Crippen LogP contribution in [0.3, 0.4) is 0 Å². The van der Waals surface area contributed by atoms with Crippen LogP contribution in [-0.2, 0) is 13.1 Å². The standard InChI is InChI=1S/C27H26N4O2/c32-31(33)25-15-13-24(14-16-25)30-17-7-12-26(30)27-28(20-22-8-3-1-4-9-22)18-19-29(27)21-23-10-5-2-6-11-23/h1-17,27H,18-21H2. The molecule has 0 bridgehead atoms. The van der Waals surface area contributed by atoms with Gasteiger partial charge in [0.05, 0.1) is 10.6 Å². The highest BCUT2D eigenvalue weighted by Crippen LogP contribution is 2.34. The lowest BCUT2D eigenvalue weighted by Crippen LogP contribution is -2.32. The van der Waals surface area contributed by atoms with Crippen molar-refractivity contribution in [2.24, 2.45) is 0 Å². The number of non-ortho nitro benzene ring substituents is 1. The maximum Gasteiger partial charge on any atom is 0.269 e. The highest BCUT2D eigenvalue weighted by atomic mass is 16.6. The molecule has 1 saturated heterocycles. The van der Waals surface area contributed by atoms with Gasteiger partial charge in [-0.05, 0) is 35.4 Å². The second kappa shape index (κ2) is 9.40. The molecule has 166 valence electrons. The molecular weight excluding hydrogens is 412 g/mol. The van der Waals surface area contributed by atoms with Crippen LogP contribution < -0.4 is 0 Å². The highest BCUT2D eigenvalue weighted by Gasteiger charge is 2.35. The molecule has 1 aliphatic rings. The van der Waals surface area contributed by atoms with E-state index in [1.165, 1.54) is 11.1 Å². The van der Waals surface area contributed by atoms with Crippen LogP contribution in [0.15, 0.2) is 103 Å². The van der Waals surface area contributed by atoms with Crippen molar-refractivity contribution >= 4 is 5.69 Å². The van der Waals surface area contributed by atoms with Crippen LogP contribution in [-0.4, -0.2) is 32.4 Å². The molecule has 1 aromatic heterocycles. The van der Waals surface area contributed by atoms with Gasteiger partial charge in [0.15, 0.2) is 0 Å². The molecule has 33 heavy (non-hydrogen) atoms. The largest absolute Gasteiger partial charge is 0.318 e. The van der Waals surface area contributed by atoms with Gasteiger partial charge in [-0.2, -0.15) is 0 Å². The van der Waals surface area contributed by atoms with Crippen molar-refractivity contribution in [1.29, 1.82) is 0 Å². The van der Waals surface area contributed by atoms with E-state index in [2.05, 4.69) is 75.0 Å². The van der Waals surface area contributed by atoms with Gasteiger partial charge in [0.2, 0.25) is 0 Å². The van der Waals surface area contributed by atoms with Gasteiger partial charge in [-0.25, -0.2) is 0 Å². The quantitative estimate of drug-likeness (QED) is 0.286. The summed E-state index contributed by atoms with van der Waals surface area (Å²) in [6.07, 6.45) is 2.13. The molecule has 6 heteroatoms. The molecule has 0 N–H and O–H groups in total. The minimum absolute atomic E-state index is 0.0932. The lowest BCUT2D eigenvalue weighted by Gasteiger charge is -2.31. The van der Waals surface area contributed by atoms with Gasteiger partial charge in [0.1, 0.15) is 6.17 Å². The summed E-state index contributed by atoms with van der Waals surface area (Å²) < 4.78 is 2.15. The van der Waals surface area contributed by atoms with Gasteiger partial charge in [0.25, 0.3) is 5.69 Å². The summed E-state index contributed by atoms with van der Waals surface area (Å²) in [5, 5.41) is 11.1. The smallest absolute Gasteiger partial charge is 0.269 e. The Labute approximate surface area is 193 Å². The monoisotopic (exact) mass is 438 g/mol. The number of nitro benzene ring substituents is 1. The molecule has 3 aromatic carbocycles. The molecule has 0 saturated carbocycles. The highest BCUT2D eigenvalue weighted by molar-refractivity contribution is 5.43. The van der Waals surface area contributed by atoms with Gasteiger partial charge in [-0.1, -0.05) is 60.7 Å². The lowest BCUT2D eigenvalue weighted by atomic mass is 10.1. The zero-order valence-corrected chi connectivity index (χ0v) is 18.3. The molecule has 0 amide bonds. The van der Waals surface area contributed by atoms with Gasteiger partial charge in [-0.3, -0.25) is 19.9 Å². The van der Waals surface area contributed by atoms with E-state index in [4.69, 9.17) is 0 Å². The summed E-state index contributed by atoms with van der Waals surface area (Å²) >= 11 is 0. The third kappa shape index (κ3) is 4.58. The van der Waals surface area contributed by atoms with Crippen molar-refractivity contribution < 1.29 is 4.92 Å². The zero-order chi connectivity index (χ0) is 22.6. The fourth-order valence-electron chi connectivity index (χ4n) is 4.65. The molecule has 0 unspecified atom stereocenters. The molecule has 1 aliphatic heterocycles. The Bertz CT molecular complexity index is 1160. The first-order valence-electron chi connectivity index (χ1n) is 11.2. The third-order valence-corrected chi connectivity index (χ3v) is 6.21. The third-order valence-electron chi connectivity index (χ3n) is 6.21. The summed E-state index contributed by atoms with van der Waals surface area (Å²) in [6, 6.07) is 32.1. The van der Waals surface area contributed by atoms with Gasteiger partial charge in [-0.15, -0.1) is 0 Å². The van der Waals surface area contributed by atoms with E-state index in [-0.39, 0.29) is 16.8 Å². The van der Waals surface area contributed by atoms with E-state index < -0.39 is 0 Å². The Morgan fingerprint density at radius 2 is 1.27 bits per heavy atom. The van der Waals surface area contributed by atoms with E-state index in [0.717, 1.165) is 37.6 Å². The number of hydrogen-bond acceptors (Lipinski definition) is 4. The zero-order valence-electron chi connectivity index (χ0n) is 18.3. The van der Waals surface area contributed by atoms with Gasteiger partial charge in [0, 0.05) is 50.2 Å². The predicted molar refractivity (Wildman–Crippen MR) is 129 cm³/mol. The summed E-state index contributed by atoms with van der Waals surface area (Å²) in [6.45, 7) is 3.67. The molecule has 0 atom stereocenters. The molecule has 1 fully saturated rings. The molecule has 2 heterocycles.